The number of benzene rings is 7. The van der Waals surface area contributed by atoms with E-state index in [-0.39, 0.29) is 0 Å². The van der Waals surface area contributed by atoms with Crippen molar-refractivity contribution in [3.8, 4) is 17.1 Å². The molecule has 0 saturated carbocycles. The van der Waals surface area contributed by atoms with Gasteiger partial charge in [0.1, 0.15) is 0 Å². The lowest BCUT2D eigenvalue weighted by Gasteiger charge is -2.25. The zero-order valence-electron chi connectivity index (χ0n) is 32.2. The van der Waals surface area contributed by atoms with Crippen LogP contribution >= 0.6 is 0 Å². The van der Waals surface area contributed by atoms with Crippen LogP contribution in [0.4, 0.5) is 0 Å². The Morgan fingerprint density at radius 3 is 1.16 bits per heavy atom. The SMILES string of the molecule is CCC(C)C(Cc1ccc(-n2c3ccc(-n4c5ccccc5c5ccccc54)cc3c3cc(-n4c5ccccc5c5ccccc54)ccc32)cc1)CC(C)C. The molecule has 2 unspecified atom stereocenters. The highest BCUT2D eigenvalue weighted by atomic mass is 15.0. The van der Waals surface area contributed by atoms with E-state index >= 15 is 0 Å². The van der Waals surface area contributed by atoms with Crippen molar-refractivity contribution in [1.82, 2.24) is 13.7 Å². The minimum atomic E-state index is 0.697. The van der Waals surface area contributed by atoms with Gasteiger partial charge < -0.3 is 13.7 Å². The van der Waals surface area contributed by atoms with E-state index in [4.69, 9.17) is 0 Å². The van der Waals surface area contributed by atoms with Gasteiger partial charge in [-0.2, -0.15) is 0 Å². The fraction of sp³-hybridized carbons (Fsp3) is 0.192. The molecule has 0 aliphatic heterocycles. The van der Waals surface area contributed by atoms with Crippen LogP contribution in [0.25, 0.3) is 82.5 Å². The third kappa shape index (κ3) is 5.48. The Labute approximate surface area is 323 Å². The molecule has 10 aromatic rings. The lowest BCUT2D eigenvalue weighted by Crippen LogP contribution is -2.16. The Morgan fingerprint density at radius 1 is 0.400 bits per heavy atom. The predicted octanol–water partition coefficient (Wildman–Crippen LogP) is 14.2. The first-order valence-corrected chi connectivity index (χ1v) is 20.1. The van der Waals surface area contributed by atoms with Crippen LogP contribution in [0.15, 0.2) is 158 Å². The summed E-state index contributed by atoms with van der Waals surface area (Å²) >= 11 is 0. The van der Waals surface area contributed by atoms with Crippen molar-refractivity contribution >= 4 is 65.4 Å². The molecule has 0 N–H and O–H groups in total. The summed E-state index contributed by atoms with van der Waals surface area (Å²) in [6.07, 6.45) is 3.63. The van der Waals surface area contributed by atoms with E-state index in [1.807, 2.05) is 0 Å². The maximum Gasteiger partial charge on any atom is 0.0542 e. The molecule has 0 fully saturated rings. The molecular weight excluding hydrogens is 667 g/mol. The molecule has 3 aromatic heterocycles. The van der Waals surface area contributed by atoms with Gasteiger partial charge in [0, 0.05) is 49.4 Å². The summed E-state index contributed by atoms with van der Waals surface area (Å²) in [6, 6.07) is 58.7. The molecule has 3 heterocycles. The first-order chi connectivity index (χ1) is 27.0. The zero-order chi connectivity index (χ0) is 37.2. The van der Waals surface area contributed by atoms with Gasteiger partial charge in [-0.15, -0.1) is 0 Å². The van der Waals surface area contributed by atoms with Crippen molar-refractivity contribution in [3.05, 3.63) is 163 Å². The van der Waals surface area contributed by atoms with Crippen molar-refractivity contribution in [2.45, 2.75) is 47.0 Å². The van der Waals surface area contributed by atoms with Crippen molar-refractivity contribution in [2.75, 3.05) is 0 Å². The molecule has 0 amide bonds. The molecule has 270 valence electrons. The first kappa shape index (κ1) is 33.5. The van der Waals surface area contributed by atoms with E-state index < -0.39 is 0 Å². The summed E-state index contributed by atoms with van der Waals surface area (Å²) < 4.78 is 7.34. The molecule has 0 spiro atoms. The zero-order valence-corrected chi connectivity index (χ0v) is 32.2. The lowest BCUT2D eigenvalue weighted by molar-refractivity contribution is 0.290. The third-order valence-electron chi connectivity index (χ3n) is 12.3. The van der Waals surface area contributed by atoms with E-state index in [0.717, 1.165) is 6.42 Å². The highest BCUT2D eigenvalue weighted by Gasteiger charge is 2.21. The van der Waals surface area contributed by atoms with Crippen LogP contribution in [0.2, 0.25) is 0 Å². The quantitative estimate of drug-likeness (QED) is 0.141. The second-order valence-corrected chi connectivity index (χ2v) is 16.1. The number of para-hydroxylation sites is 4. The number of aromatic nitrogens is 3. The Morgan fingerprint density at radius 2 is 0.764 bits per heavy atom. The van der Waals surface area contributed by atoms with E-state index in [0.29, 0.717) is 17.8 Å². The van der Waals surface area contributed by atoms with Gasteiger partial charge >= 0.3 is 0 Å². The maximum atomic E-state index is 2.47. The van der Waals surface area contributed by atoms with Crippen molar-refractivity contribution in [3.63, 3.8) is 0 Å². The fourth-order valence-electron chi connectivity index (χ4n) is 9.50. The Balaban J connectivity index is 1.19. The Bertz CT molecular complexity index is 2750. The molecule has 0 bridgehead atoms. The van der Waals surface area contributed by atoms with E-state index in [1.54, 1.807) is 0 Å². The topological polar surface area (TPSA) is 14.8 Å². The predicted molar refractivity (Wildman–Crippen MR) is 236 cm³/mol. The normalized spacial score (nSPS) is 13.3. The van der Waals surface area contributed by atoms with Gasteiger partial charge in [0.05, 0.1) is 33.1 Å². The maximum absolute atomic E-state index is 2.47. The number of hydrogen-bond acceptors (Lipinski definition) is 0. The molecule has 10 rings (SSSR count). The summed E-state index contributed by atoms with van der Waals surface area (Å²) in [7, 11) is 0. The smallest absolute Gasteiger partial charge is 0.0542 e. The average molecular weight is 714 g/mol. The summed E-state index contributed by atoms with van der Waals surface area (Å²) in [5, 5.41) is 7.60. The van der Waals surface area contributed by atoms with Crippen LogP contribution in [0.1, 0.15) is 46.1 Å². The number of hydrogen-bond donors (Lipinski definition) is 0. The molecule has 55 heavy (non-hydrogen) atoms. The third-order valence-corrected chi connectivity index (χ3v) is 12.3. The van der Waals surface area contributed by atoms with Gasteiger partial charge in [0.2, 0.25) is 0 Å². The summed E-state index contributed by atoms with van der Waals surface area (Å²) in [6.45, 7) is 9.49. The van der Waals surface area contributed by atoms with Gasteiger partial charge in [-0.25, -0.2) is 0 Å². The molecule has 0 aliphatic carbocycles. The largest absolute Gasteiger partial charge is 0.309 e. The molecule has 0 aliphatic rings. The first-order valence-electron chi connectivity index (χ1n) is 20.1. The van der Waals surface area contributed by atoms with E-state index in [2.05, 4.69) is 199 Å². The Kier molecular flexibility index (Phi) is 8.13. The summed E-state index contributed by atoms with van der Waals surface area (Å²) in [5.41, 5.74) is 12.3. The summed E-state index contributed by atoms with van der Waals surface area (Å²) in [5.74, 6) is 2.12. The van der Waals surface area contributed by atoms with Crippen molar-refractivity contribution in [2.24, 2.45) is 17.8 Å². The molecule has 7 aromatic carbocycles. The average Bonchev–Trinajstić information content (AvgIpc) is 3.86. The van der Waals surface area contributed by atoms with Gasteiger partial charge in [0.15, 0.2) is 0 Å². The number of nitrogens with zero attached hydrogens (tertiary/aromatic N) is 3. The number of rotatable bonds is 9. The Hall–Kier alpha value is -6.06. The second-order valence-electron chi connectivity index (χ2n) is 16.1. The fourth-order valence-corrected chi connectivity index (χ4v) is 9.50. The molecule has 0 radical (unpaired) electrons. The van der Waals surface area contributed by atoms with Crippen LogP contribution < -0.4 is 0 Å². The summed E-state index contributed by atoms with van der Waals surface area (Å²) in [4.78, 5) is 0. The van der Waals surface area contributed by atoms with Crippen LogP contribution in [-0.4, -0.2) is 13.7 Å². The lowest BCUT2D eigenvalue weighted by atomic mass is 9.81. The minimum Gasteiger partial charge on any atom is -0.309 e. The standard InChI is InChI=1S/C52H47N3/c1-5-35(4)37(30-34(2)3)31-36-22-24-38(25-23-36)53-51-28-26-39(54-47-18-10-6-14-41(47)42-15-7-11-19-48(42)54)32-45(51)46-33-40(27-29-52(46)53)55-49-20-12-8-16-43(49)44-17-9-13-21-50(44)55/h6-29,32-35,37H,5,30-31H2,1-4H3. The van der Waals surface area contributed by atoms with Gasteiger partial charge in [-0.05, 0) is 109 Å². The van der Waals surface area contributed by atoms with Crippen molar-refractivity contribution in [1.29, 1.82) is 0 Å². The molecule has 0 saturated heterocycles. The molecular formula is C52H47N3. The van der Waals surface area contributed by atoms with Crippen molar-refractivity contribution < 1.29 is 0 Å². The van der Waals surface area contributed by atoms with Crippen LogP contribution in [-0.2, 0) is 6.42 Å². The van der Waals surface area contributed by atoms with Crippen LogP contribution in [0.5, 0.6) is 0 Å². The number of fused-ring (bicyclic) bond motifs is 9. The molecule has 3 nitrogen and oxygen atoms in total. The van der Waals surface area contributed by atoms with E-state index in [9.17, 15) is 0 Å². The highest BCUT2D eigenvalue weighted by molar-refractivity contribution is 6.14. The van der Waals surface area contributed by atoms with Gasteiger partial charge in [-0.1, -0.05) is 119 Å². The van der Waals surface area contributed by atoms with Gasteiger partial charge in [-0.3, -0.25) is 0 Å². The highest BCUT2D eigenvalue weighted by Crippen LogP contribution is 2.39. The second kappa shape index (κ2) is 13.4. The molecule has 2 atom stereocenters. The van der Waals surface area contributed by atoms with Crippen LogP contribution in [0, 0.1) is 17.8 Å². The molecule has 3 heteroatoms. The van der Waals surface area contributed by atoms with Crippen LogP contribution in [0.3, 0.4) is 0 Å². The van der Waals surface area contributed by atoms with E-state index in [1.165, 1.54) is 101 Å². The monoisotopic (exact) mass is 713 g/mol. The van der Waals surface area contributed by atoms with Gasteiger partial charge in [0.25, 0.3) is 0 Å². The minimum absolute atomic E-state index is 0.697.